The van der Waals surface area contributed by atoms with E-state index in [-0.39, 0.29) is 5.91 Å². The second kappa shape index (κ2) is 8.21. The average Bonchev–Trinajstić information content (AvgIpc) is 2.66. The normalized spacial score (nSPS) is 19.0. The molecule has 8 nitrogen and oxygen atoms in total. The van der Waals surface area contributed by atoms with Crippen LogP contribution in [-0.4, -0.2) is 70.8 Å². The third kappa shape index (κ3) is 3.98. The second-order valence-corrected chi connectivity index (χ2v) is 6.58. The molecule has 0 aliphatic carbocycles. The number of nitrogens with one attached hydrogen (secondary N) is 1. The quantitative estimate of drug-likeness (QED) is 0.462. The lowest BCUT2D eigenvalue weighted by Gasteiger charge is -2.34. The number of aromatic nitrogens is 1. The number of carbonyl (C=O) groups excluding carboxylic acids is 1. The van der Waals surface area contributed by atoms with Gasteiger partial charge in [0.05, 0.1) is 24.0 Å². The summed E-state index contributed by atoms with van der Waals surface area (Å²) < 4.78 is 0. The maximum Gasteiger partial charge on any atom is 0.223 e. The molecule has 1 fully saturated rings. The van der Waals surface area contributed by atoms with Crippen molar-refractivity contribution in [1.82, 2.24) is 20.2 Å². The van der Waals surface area contributed by atoms with Gasteiger partial charge in [0, 0.05) is 52.3 Å². The number of thiocarbonyl (C=S) groups is 1. The van der Waals surface area contributed by atoms with Crippen molar-refractivity contribution >= 4 is 34.6 Å². The minimum Gasteiger partial charge on any atom is -0.345 e. The van der Waals surface area contributed by atoms with Crippen molar-refractivity contribution in [2.45, 2.75) is 13.3 Å². The molecule has 1 saturated heterocycles. The van der Waals surface area contributed by atoms with E-state index < -0.39 is 0 Å². The van der Waals surface area contributed by atoms with E-state index in [0.29, 0.717) is 30.3 Å². The van der Waals surface area contributed by atoms with Crippen molar-refractivity contribution < 1.29 is 4.79 Å². The number of hydrogen-bond acceptors (Lipinski definition) is 6. The molecule has 1 amide bonds. The maximum absolute atomic E-state index is 11.8. The summed E-state index contributed by atoms with van der Waals surface area (Å²) in [5.41, 5.74) is 5.26. The number of hydrazone groups is 1. The van der Waals surface area contributed by atoms with Crippen molar-refractivity contribution in [3.8, 4) is 6.07 Å². The Morgan fingerprint density at radius 1 is 1.38 bits per heavy atom. The number of hydrogen-bond donors (Lipinski definition) is 1. The highest BCUT2D eigenvalue weighted by atomic mass is 32.1. The number of nitrogens with zero attached hydrogens (tertiary/aromatic N) is 6. The average molecular weight is 371 g/mol. The minimum atomic E-state index is -0.00276. The van der Waals surface area contributed by atoms with Crippen LogP contribution in [0.3, 0.4) is 0 Å². The Morgan fingerprint density at radius 3 is 2.85 bits per heavy atom. The zero-order valence-electron chi connectivity index (χ0n) is 14.7. The number of amides is 1. The molecule has 1 aromatic rings. The van der Waals surface area contributed by atoms with E-state index in [1.807, 2.05) is 12.1 Å². The Bertz CT molecular complexity index is 765. The molecule has 0 radical (unpaired) electrons. The first-order valence-electron chi connectivity index (χ1n) is 8.54. The molecule has 1 N–H and O–H groups in total. The maximum atomic E-state index is 11.8. The molecule has 3 heterocycles. The summed E-state index contributed by atoms with van der Waals surface area (Å²) in [6.45, 7) is 5.74. The smallest absolute Gasteiger partial charge is 0.223 e. The van der Waals surface area contributed by atoms with Gasteiger partial charge in [-0.1, -0.05) is 0 Å². The number of carbonyl (C=O) groups is 1. The molecular weight excluding hydrogens is 350 g/mol. The molecule has 2 aliphatic heterocycles. The summed E-state index contributed by atoms with van der Waals surface area (Å²) in [7, 11) is 0. The highest BCUT2D eigenvalue weighted by molar-refractivity contribution is 7.80. The van der Waals surface area contributed by atoms with E-state index in [0.717, 1.165) is 37.6 Å². The lowest BCUT2D eigenvalue weighted by atomic mass is 10.1. The Morgan fingerprint density at radius 2 is 2.15 bits per heavy atom. The molecule has 0 unspecified atom stereocenters. The largest absolute Gasteiger partial charge is 0.345 e. The van der Waals surface area contributed by atoms with Gasteiger partial charge in [0.25, 0.3) is 0 Å². The summed E-state index contributed by atoms with van der Waals surface area (Å²) in [5.74, 6) is -0.00276. The predicted molar refractivity (Wildman–Crippen MR) is 103 cm³/mol. The Labute approximate surface area is 158 Å². The van der Waals surface area contributed by atoms with Crippen molar-refractivity contribution in [2.75, 3.05) is 44.2 Å². The monoisotopic (exact) mass is 371 g/mol. The molecule has 26 heavy (non-hydrogen) atoms. The Kier molecular flexibility index (Phi) is 5.75. The van der Waals surface area contributed by atoms with Gasteiger partial charge in [-0.05, 0) is 24.4 Å². The predicted octanol–water partition coefficient (Wildman–Crippen LogP) is 0.558. The summed E-state index contributed by atoms with van der Waals surface area (Å²) in [4.78, 5) is 22.1. The zero-order valence-corrected chi connectivity index (χ0v) is 15.5. The number of piperazine rings is 1. The van der Waals surface area contributed by atoms with Crippen molar-refractivity contribution in [3.63, 3.8) is 0 Å². The first-order valence-corrected chi connectivity index (χ1v) is 8.95. The van der Waals surface area contributed by atoms with Gasteiger partial charge in [0.15, 0.2) is 5.11 Å². The van der Waals surface area contributed by atoms with E-state index in [9.17, 15) is 4.79 Å². The highest BCUT2D eigenvalue weighted by Gasteiger charge is 2.25. The van der Waals surface area contributed by atoms with Gasteiger partial charge in [-0.25, -0.2) is 0 Å². The molecule has 0 saturated carbocycles. The summed E-state index contributed by atoms with van der Waals surface area (Å²) in [5, 5.41) is 13.8. The van der Waals surface area contributed by atoms with E-state index in [1.54, 1.807) is 18.0 Å². The number of fused-ring (bicyclic) bond motifs is 1. The molecule has 0 aromatic carbocycles. The van der Waals surface area contributed by atoms with Crippen LogP contribution in [-0.2, 0) is 4.79 Å². The van der Waals surface area contributed by atoms with Crippen LogP contribution < -0.4 is 10.3 Å². The number of pyridine rings is 1. The molecule has 0 bridgehead atoms. The molecule has 0 atom stereocenters. The van der Waals surface area contributed by atoms with E-state index in [4.69, 9.17) is 17.5 Å². The fraction of sp³-hybridized carbons (Fsp3) is 0.471. The van der Waals surface area contributed by atoms with Crippen LogP contribution in [0.15, 0.2) is 23.4 Å². The third-order valence-corrected chi connectivity index (χ3v) is 4.89. The van der Waals surface area contributed by atoms with Crippen LogP contribution in [0, 0.1) is 11.3 Å². The van der Waals surface area contributed by atoms with Crippen LogP contribution in [0.25, 0.3) is 0 Å². The van der Waals surface area contributed by atoms with Crippen LogP contribution in [0.4, 0.5) is 5.69 Å². The summed E-state index contributed by atoms with van der Waals surface area (Å²) >= 11 is 5.45. The van der Waals surface area contributed by atoms with Crippen LogP contribution in [0.1, 0.15) is 19.0 Å². The summed E-state index contributed by atoms with van der Waals surface area (Å²) in [6.07, 6.45) is 2.32. The fourth-order valence-corrected chi connectivity index (χ4v) is 3.35. The number of rotatable bonds is 2. The van der Waals surface area contributed by atoms with Gasteiger partial charge in [-0.15, -0.1) is 0 Å². The first-order chi connectivity index (χ1) is 12.6. The van der Waals surface area contributed by atoms with Gasteiger partial charge >= 0.3 is 0 Å². The van der Waals surface area contributed by atoms with Crippen LogP contribution in [0.5, 0.6) is 0 Å². The van der Waals surface area contributed by atoms with Crippen molar-refractivity contribution in [2.24, 2.45) is 5.10 Å². The zero-order chi connectivity index (χ0) is 18.5. The SMILES string of the molecule is CC(=O)N1CC/C(=N/NC(=S)N2CCN(CC#N)CC2)c2ncccc21. The van der Waals surface area contributed by atoms with Gasteiger partial charge in [0.2, 0.25) is 5.91 Å². The Balaban J connectivity index is 1.66. The molecule has 136 valence electrons. The molecule has 0 spiro atoms. The van der Waals surface area contributed by atoms with Gasteiger partial charge in [-0.3, -0.25) is 20.1 Å². The topological polar surface area (TPSA) is 87.9 Å². The Hall–Kier alpha value is -2.57. The summed E-state index contributed by atoms with van der Waals surface area (Å²) in [6, 6.07) is 5.87. The van der Waals surface area contributed by atoms with Crippen LogP contribution in [0.2, 0.25) is 0 Å². The van der Waals surface area contributed by atoms with Gasteiger partial charge < -0.3 is 9.80 Å². The number of nitriles is 1. The van der Waals surface area contributed by atoms with E-state index in [1.165, 1.54) is 0 Å². The van der Waals surface area contributed by atoms with E-state index >= 15 is 0 Å². The van der Waals surface area contributed by atoms with Gasteiger partial charge in [-0.2, -0.15) is 10.4 Å². The molecule has 2 aliphatic rings. The van der Waals surface area contributed by atoms with Crippen LogP contribution >= 0.6 is 12.2 Å². The highest BCUT2D eigenvalue weighted by Crippen LogP contribution is 2.25. The van der Waals surface area contributed by atoms with Crippen molar-refractivity contribution in [3.05, 3.63) is 24.0 Å². The minimum absolute atomic E-state index is 0.00276. The standard InChI is InChI=1S/C17H21N7OS/c1-13(25)24-7-4-14(16-15(24)3-2-6-19-16)20-21-17(26)23-11-9-22(8-5-18)10-12-23/h2-3,6H,4,7-12H2,1H3,(H,21,26)/b20-14-. The van der Waals surface area contributed by atoms with Gasteiger partial charge in [0.1, 0.15) is 5.69 Å². The lowest BCUT2D eigenvalue weighted by molar-refractivity contribution is -0.116. The molecule has 1 aromatic heterocycles. The molecule has 9 heteroatoms. The fourth-order valence-electron chi connectivity index (χ4n) is 3.12. The lowest BCUT2D eigenvalue weighted by Crippen LogP contribution is -2.51. The van der Waals surface area contributed by atoms with Crippen molar-refractivity contribution in [1.29, 1.82) is 5.26 Å². The first kappa shape index (κ1) is 18.2. The number of anilines is 1. The second-order valence-electron chi connectivity index (χ2n) is 6.19. The molecular formula is C17H21N7OS. The molecule has 3 rings (SSSR count). The third-order valence-electron chi connectivity index (χ3n) is 4.54. The van der Waals surface area contributed by atoms with E-state index in [2.05, 4.69) is 31.4 Å².